The van der Waals surface area contributed by atoms with Crippen LogP contribution >= 0.6 is 0 Å². The molecular formula is C16H16N4O. The molecule has 2 aromatic carbocycles. The van der Waals surface area contributed by atoms with E-state index in [4.69, 9.17) is 5.73 Å². The maximum absolute atomic E-state index is 12.2. The Bertz CT molecular complexity index is 790. The predicted octanol–water partition coefficient (Wildman–Crippen LogP) is 2.28. The maximum Gasteiger partial charge on any atom is 0.255 e. The number of nitrogens with zero attached hydrogens (tertiary/aromatic N) is 2. The number of aryl methyl sites for hydroxylation is 1. The molecule has 0 radical (unpaired) electrons. The van der Waals surface area contributed by atoms with Crippen LogP contribution in [0.4, 0.5) is 5.69 Å². The monoisotopic (exact) mass is 280 g/mol. The zero-order valence-electron chi connectivity index (χ0n) is 11.7. The molecule has 0 aliphatic carbocycles. The summed E-state index contributed by atoms with van der Waals surface area (Å²) in [5.41, 5.74) is 8.89. The Balaban J connectivity index is 1.83. The molecule has 0 aliphatic rings. The van der Waals surface area contributed by atoms with E-state index in [0.29, 0.717) is 12.1 Å². The van der Waals surface area contributed by atoms with Crippen molar-refractivity contribution in [3.8, 4) is 0 Å². The summed E-state index contributed by atoms with van der Waals surface area (Å²) in [5.74, 6) is -0.139. The Morgan fingerprint density at radius 2 is 2.00 bits per heavy atom. The second kappa shape index (κ2) is 5.38. The van der Waals surface area contributed by atoms with E-state index in [-0.39, 0.29) is 5.91 Å². The zero-order valence-corrected chi connectivity index (χ0v) is 11.7. The summed E-state index contributed by atoms with van der Waals surface area (Å²) in [6.45, 7) is 0.471. The third-order valence-corrected chi connectivity index (χ3v) is 3.46. The maximum atomic E-state index is 12.2. The van der Waals surface area contributed by atoms with Crippen LogP contribution in [0, 0.1) is 0 Å². The summed E-state index contributed by atoms with van der Waals surface area (Å²) in [6, 6.07) is 13.0. The minimum absolute atomic E-state index is 0.139. The van der Waals surface area contributed by atoms with Gasteiger partial charge in [0.25, 0.3) is 5.91 Å². The second-order valence-corrected chi connectivity index (χ2v) is 4.90. The average Bonchev–Trinajstić information content (AvgIpc) is 2.88. The number of amides is 1. The van der Waals surface area contributed by atoms with Gasteiger partial charge in [0.1, 0.15) is 0 Å². The summed E-state index contributed by atoms with van der Waals surface area (Å²) < 4.78 is 1.78. The van der Waals surface area contributed by atoms with Gasteiger partial charge in [0.05, 0.1) is 11.7 Å². The lowest BCUT2D eigenvalue weighted by Crippen LogP contribution is -2.12. The van der Waals surface area contributed by atoms with Crippen molar-refractivity contribution in [1.29, 1.82) is 0 Å². The first-order valence-electron chi connectivity index (χ1n) is 6.69. The summed E-state index contributed by atoms with van der Waals surface area (Å²) >= 11 is 0. The number of rotatable bonds is 3. The third kappa shape index (κ3) is 2.64. The van der Waals surface area contributed by atoms with Crippen LogP contribution in [0.1, 0.15) is 15.9 Å². The average molecular weight is 280 g/mol. The SMILES string of the molecule is Cn1ncc2ccc(NC(=O)c3ccc(CN)cc3)cc21. The zero-order chi connectivity index (χ0) is 14.8. The van der Waals surface area contributed by atoms with Gasteiger partial charge in [-0.1, -0.05) is 12.1 Å². The molecule has 1 amide bonds. The lowest BCUT2D eigenvalue weighted by molar-refractivity contribution is 0.102. The minimum atomic E-state index is -0.139. The van der Waals surface area contributed by atoms with E-state index in [0.717, 1.165) is 22.2 Å². The minimum Gasteiger partial charge on any atom is -0.326 e. The van der Waals surface area contributed by atoms with Crippen molar-refractivity contribution in [2.75, 3.05) is 5.32 Å². The number of anilines is 1. The first kappa shape index (κ1) is 13.3. The second-order valence-electron chi connectivity index (χ2n) is 4.90. The van der Waals surface area contributed by atoms with Crippen molar-refractivity contribution in [2.45, 2.75) is 6.54 Å². The van der Waals surface area contributed by atoms with Gasteiger partial charge in [-0.3, -0.25) is 9.48 Å². The Morgan fingerprint density at radius 1 is 1.24 bits per heavy atom. The van der Waals surface area contributed by atoms with E-state index < -0.39 is 0 Å². The molecule has 0 bridgehead atoms. The molecule has 106 valence electrons. The summed E-state index contributed by atoms with van der Waals surface area (Å²) in [7, 11) is 1.87. The smallest absolute Gasteiger partial charge is 0.255 e. The fraction of sp³-hybridized carbons (Fsp3) is 0.125. The molecule has 5 heteroatoms. The molecule has 3 rings (SSSR count). The highest BCUT2D eigenvalue weighted by Crippen LogP contribution is 2.19. The van der Waals surface area contributed by atoms with Gasteiger partial charge in [-0.25, -0.2) is 0 Å². The molecule has 21 heavy (non-hydrogen) atoms. The van der Waals surface area contributed by atoms with Crippen LogP contribution in [0.15, 0.2) is 48.7 Å². The van der Waals surface area contributed by atoms with Crippen molar-refractivity contribution in [3.63, 3.8) is 0 Å². The highest BCUT2D eigenvalue weighted by atomic mass is 16.1. The van der Waals surface area contributed by atoms with E-state index in [1.165, 1.54) is 0 Å². The Hall–Kier alpha value is -2.66. The molecule has 3 N–H and O–H groups in total. The number of hydrogen-bond acceptors (Lipinski definition) is 3. The molecule has 0 saturated heterocycles. The first-order chi connectivity index (χ1) is 10.2. The fourth-order valence-electron chi connectivity index (χ4n) is 2.22. The van der Waals surface area contributed by atoms with Crippen LogP contribution in [0.25, 0.3) is 10.9 Å². The van der Waals surface area contributed by atoms with Gasteiger partial charge in [-0.2, -0.15) is 5.10 Å². The standard InChI is InChI=1S/C16H16N4O/c1-20-15-8-14(7-6-13(15)10-18-20)19-16(21)12-4-2-11(9-17)3-5-12/h2-8,10H,9,17H2,1H3,(H,19,21). The van der Waals surface area contributed by atoms with Crippen LogP contribution in [-0.4, -0.2) is 15.7 Å². The molecule has 0 saturated carbocycles. The number of carbonyl (C=O) groups is 1. The van der Waals surface area contributed by atoms with Gasteiger partial charge in [0.2, 0.25) is 0 Å². The summed E-state index contributed by atoms with van der Waals surface area (Å²) in [5, 5.41) is 8.12. The molecule has 5 nitrogen and oxygen atoms in total. The van der Waals surface area contributed by atoms with Crippen molar-refractivity contribution in [1.82, 2.24) is 9.78 Å². The number of nitrogens with two attached hydrogens (primary N) is 1. The van der Waals surface area contributed by atoms with Crippen molar-refractivity contribution < 1.29 is 4.79 Å². The van der Waals surface area contributed by atoms with Gasteiger partial charge >= 0.3 is 0 Å². The van der Waals surface area contributed by atoms with Gasteiger partial charge < -0.3 is 11.1 Å². The molecule has 0 atom stereocenters. The number of nitrogens with one attached hydrogen (secondary N) is 1. The van der Waals surface area contributed by atoms with E-state index in [2.05, 4.69) is 10.4 Å². The fourth-order valence-corrected chi connectivity index (χ4v) is 2.22. The van der Waals surface area contributed by atoms with E-state index >= 15 is 0 Å². The van der Waals surface area contributed by atoms with Crippen molar-refractivity contribution in [3.05, 3.63) is 59.8 Å². The molecule has 0 unspecified atom stereocenters. The Morgan fingerprint density at radius 3 is 2.71 bits per heavy atom. The quantitative estimate of drug-likeness (QED) is 0.773. The molecule has 0 spiro atoms. The van der Waals surface area contributed by atoms with Gasteiger partial charge in [0, 0.05) is 30.2 Å². The van der Waals surface area contributed by atoms with Crippen LogP contribution in [0.5, 0.6) is 0 Å². The largest absolute Gasteiger partial charge is 0.326 e. The van der Waals surface area contributed by atoms with Crippen LogP contribution in [0.2, 0.25) is 0 Å². The van der Waals surface area contributed by atoms with Crippen LogP contribution < -0.4 is 11.1 Å². The first-order valence-corrected chi connectivity index (χ1v) is 6.69. The molecule has 3 aromatic rings. The highest BCUT2D eigenvalue weighted by molar-refractivity contribution is 6.05. The van der Waals surface area contributed by atoms with Crippen LogP contribution in [0.3, 0.4) is 0 Å². The normalized spacial score (nSPS) is 10.8. The highest BCUT2D eigenvalue weighted by Gasteiger charge is 2.07. The lowest BCUT2D eigenvalue weighted by Gasteiger charge is -2.06. The molecule has 0 fully saturated rings. The predicted molar refractivity (Wildman–Crippen MR) is 83.0 cm³/mol. The van der Waals surface area contributed by atoms with E-state index in [1.807, 2.05) is 37.4 Å². The van der Waals surface area contributed by atoms with Crippen LogP contribution in [-0.2, 0) is 13.6 Å². The summed E-state index contributed by atoms with van der Waals surface area (Å²) in [4.78, 5) is 12.2. The van der Waals surface area contributed by atoms with Gasteiger partial charge in [-0.15, -0.1) is 0 Å². The lowest BCUT2D eigenvalue weighted by atomic mass is 10.1. The number of carbonyl (C=O) groups excluding carboxylic acids is 1. The third-order valence-electron chi connectivity index (χ3n) is 3.46. The Labute approximate surface area is 122 Å². The van der Waals surface area contributed by atoms with Gasteiger partial charge in [0.15, 0.2) is 0 Å². The van der Waals surface area contributed by atoms with E-state index in [9.17, 15) is 4.79 Å². The van der Waals surface area contributed by atoms with E-state index in [1.54, 1.807) is 23.0 Å². The molecule has 1 heterocycles. The molecule has 1 aromatic heterocycles. The number of fused-ring (bicyclic) bond motifs is 1. The molecule has 0 aliphatic heterocycles. The summed E-state index contributed by atoms with van der Waals surface area (Å²) in [6.07, 6.45) is 1.80. The van der Waals surface area contributed by atoms with Crippen molar-refractivity contribution in [2.24, 2.45) is 12.8 Å². The topological polar surface area (TPSA) is 72.9 Å². The number of benzene rings is 2. The number of hydrogen-bond donors (Lipinski definition) is 2. The number of aromatic nitrogens is 2. The molecular weight excluding hydrogens is 264 g/mol. The van der Waals surface area contributed by atoms with Crippen molar-refractivity contribution >= 4 is 22.5 Å². The van der Waals surface area contributed by atoms with Gasteiger partial charge in [-0.05, 0) is 35.9 Å². The Kier molecular flexibility index (Phi) is 3.41.